The van der Waals surface area contributed by atoms with Gasteiger partial charge >= 0.3 is 0 Å². The predicted octanol–water partition coefficient (Wildman–Crippen LogP) is 1.45. The molecule has 1 N–H and O–H groups in total. The minimum absolute atomic E-state index is 0.0660. The van der Waals surface area contributed by atoms with Crippen LogP contribution >= 0.6 is 0 Å². The van der Waals surface area contributed by atoms with Crippen molar-refractivity contribution in [3.63, 3.8) is 0 Å². The highest BCUT2D eigenvalue weighted by atomic mass is 16.5. The van der Waals surface area contributed by atoms with Crippen molar-refractivity contribution >= 4 is 5.91 Å². The maximum Gasteiger partial charge on any atom is 0.246 e. The van der Waals surface area contributed by atoms with Gasteiger partial charge in [-0.05, 0) is 32.3 Å². The number of aromatic nitrogens is 3. The van der Waals surface area contributed by atoms with Gasteiger partial charge in [-0.25, -0.2) is 4.98 Å². The summed E-state index contributed by atoms with van der Waals surface area (Å²) in [6.07, 6.45) is 2.77. The van der Waals surface area contributed by atoms with Crippen LogP contribution in [0.3, 0.4) is 0 Å². The van der Waals surface area contributed by atoms with Crippen LogP contribution in [-0.4, -0.2) is 45.6 Å². The molecule has 0 saturated carbocycles. The molecule has 0 bridgehead atoms. The highest BCUT2D eigenvalue weighted by Gasteiger charge is 2.27. The molecule has 0 aliphatic carbocycles. The molecule has 1 saturated heterocycles. The van der Waals surface area contributed by atoms with Crippen molar-refractivity contribution in [3.05, 3.63) is 35.6 Å². The van der Waals surface area contributed by atoms with E-state index in [-0.39, 0.29) is 11.9 Å². The zero-order valence-electron chi connectivity index (χ0n) is 14.6. The summed E-state index contributed by atoms with van der Waals surface area (Å²) in [4.78, 5) is 23.2. The van der Waals surface area contributed by atoms with Crippen molar-refractivity contribution in [2.24, 2.45) is 0 Å². The second kappa shape index (κ2) is 8.06. The molecule has 2 aromatic rings. The van der Waals surface area contributed by atoms with Gasteiger partial charge in [0.1, 0.15) is 6.54 Å². The van der Waals surface area contributed by atoms with Crippen LogP contribution in [0.5, 0.6) is 5.88 Å². The maximum absolute atomic E-state index is 12.8. The van der Waals surface area contributed by atoms with Crippen LogP contribution < -0.4 is 10.1 Å². The minimum atomic E-state index is -0.237. The third-order valence-electron chi connectivity index (χ3n) is 4.20. The van der Waals surface area contributed by atoms with Crippen molar-refractivity contribution in [2.75, 3.05) is 13.7 Å². The van der Waals surface area contributed by atoms with E-state index in [9.17, 15) is 4.79 Å². The van der Waals surface area contributed by atoms with Gasteiger partial charge < -0.3 is 19.5 Å². The molecule has 2 aromatic heterocycles. The third kappa shape index (κ3) is 4.54. The first-order valence-corrected chi connectivity index (χ1v) is 8.47. The first kappa shape index (κ1) is 17.3. The largest absolute Gasteiger partial charge is 0.481 e. The van der Waals surface area contributed by atoms with Crippen molar-refractivity contribution in [1.82, 2.24) is 25.3 Å². The molecule has 1 amide bonds. The van der Waals surface area contributed by atoms with Gasteiger partial charge in [0.15, 0.2) is 5.82 Å². The van der Waals surface area contributed by atoms with Gasteiger partial charge in [-0.3, -0.25) is 4.79 Å². The molecular formula is C17H23N5O3. The van der Waals surface area contributed by atoms with E-state index in [1.807, 2.05) is 12.1 Å². The Labute approximate surface area is 146 Å². The molecule has 3 heterocycles. The molecule has 0 aromatic carbocycles. The van der Waals surface area contributed by atoms with Crippen LogP contribution in [0.15, 0.2) is 22.7 Å². The molecule has 1 atom stereocenters. The fourth-order valence-corrected chi connectivity index (χ4v) is 2.92. The third-order valence-corrected chi connectivity index (χ3v) is 4.20. The standard InChI is InChI=1S/C17H23N5O3/c1-12-19-16(25-21-12)11-22-9-4-3-7-14(17(22)23)18-10-13-6-5-8-15(20-13)24-2/h5-6,8,14,18H,3-4,7,9-11H2,1-2H3. The summed E-state index contributed by atoms with van der Waals surface area (Å²) in [6, 6.07) is 5.37. The number of pyridine rings is 1. The van der Waals surface area contributed by atoms with E-state index >= 15 is 0 Å². The number of likely N-dealkylation sites (tertiary alicyclic amines) is 1. The van der Waals surface area contributed by atoms with E-state index in [0.717, 1.165) is 25.0 Å². The molecule has 1 aliphatic heterocycles. The summed E-state index contributed by atoms with van der Waals surface area (Å²) >= 11 is 0. The van der Waals surface area contributed by atoms with E-state index in [1.54, 1.807) is 25.0 Å². The van der Waals surface area contributed by atoms with Gasteiger partial charge in [-0.1, -0.05) is 11.2 Å². The lowest BCUT2D eigenvalue weighted by molar-refractivity contribution is -0.133. The average Bonchev–Trinajstić information content (AvgIpc) is 2.96. The van der Waals surface area contributed by atoms with E-state index < -0.39 is 0 Å². The first-order chi connectivity index (χ1) is 12.2. The van der Waals surface area contributed by atoms with Crippen LogP contribution in [0.4, 0.5) is 0 Å². The van der Waals surface area contributed by atoms with Gasteiger partial charge in [0.25, 0.3) is 0 Å². The van der Waals surface area contributed by atoms with Gasteiger partial charge in [-0.2, -0.15) is 4.98 Å². The number of nitrogens with one attached hydrogen (secondary N) is 1. The predicted molar refractivity (Wildman–Crippen MR) is 89.7 cm³/mol. The topological polar surface area (TPSA) is 93.4 Å². The van der Waals surface area contributed by atoms with Crippen molar-refractivity contribution < 1.29 is 14.1 Å². The normalized spacial score (nSPS) is 18.2. The number of carbonyl (C=O) groups excluding carboxylic acids is 1. The minimum Gasteiger partial charge on any atom is -0.481 e. The Hall–Kier alpha value is -2.48. The average molecular weight is 345 g/mol. The van der Waals surface area contributed by atoms with Gasteiger partial charge in [0, 0.05) is 19.2 Å². The fourth-order valence-electron chi connectivity index (χ4n) is 2.92. The summed E-state index contributed by atoms with van der Waals surface area (Å²) in [5, 5.41) is 7.11. The number of aryl methyl sites for hydroxylation is 1. The molecule has 0 radical (unpaired) electrons. The molecule has 1 fully saturated rings. The Morgan fingerprint density at radius 2 is 2.24 bits per heavy atom. The molecule has 0 spiro atoms. The van der Waals surface area contributed by atoms with E-state index in [1.165, 1.54) is 0 Å². The van der Waals surface area contributed by atoms with Crippen LogP contribution in [0.1, 0.15) is 36.7 Å². The van der Waals surface area contributed by atoms with E-state index in [0.29, 0.717) is 37.2 Å². The lowest BCUT2D eigenvalue weighted by Crippen LogP contribution is -2.44. The fraction of sp³-hybridized carbons (Fsp3) is 0.529. The zero-order valence-corrected chi connectivity index (χ0v) is 14.6. The van der Waals surface area contributed by atoms with E-state index in [4.69, 9.17) is 9.26 Å². The molecule has 25 heavy (non-hydrogen) atoms. The number of hydrogen-bond acceptors (Lipinski definition) is 7. The Bertz CT molecular complexity index is 718. The molecule has 134 valence electrons. The molecule has 8 heteroatoms. The summed E-state index contributed by atoms with van der Waals surface area (Å²) in [5.74, 6) is 1.69. The van der Waals surface area contributed by atoms with Crippen molar-refractivity contribution in [3.8, 4) is 5.88 Å². The molecule has 1 aliphatic rings. The van der Waals surface area contributed by atoms with Crippen molar-refractivity contribution in [2.45, 2.75) is 45.3 Å². The Morgan fingerprint density at radius 1 is 1.36 bits per heavy atom. The smallest absolute Gasteiger partial charge is 0.246 e. The SMILES string of the molecule is COc1cccc(CNC2CCCCN(Cc3nc(C)no3)C2=O)n1. The molecule has 3 rings (SSSR count). The Balaban J connectivity index is 1.62. The van der Waals surface area contributed by atoms with Crippen LogP contribution in [0.2, 0.25) is 0 Å². The van der Waals surface area contributed by atoms with Crippen LogP contribution in [-0.2, 0) is 17.9 Å². The lowest BCUT2D eigenvalue weighted by Gasteiger charge is -2.23. The van der Waals surface area contributed by atoms with Crippen LogP contribution in [0, 0.1) is 6.92 Å². The quantitative estimate of drug-likeness (QED) is 0.847. The Morgan fingerprint density at radius 3 is 3.00 bits per heavy atom. The summed E-state index contributed by atoms with van der Waals surface area (Å²) < 4.78 is 10.3. The lowest BCUT2D eigenvalue weighted by atomic mass is 10.1. The summed E-state index contributed by atoms with van der Waals surface area (Å²) in [6.45, 7) is 3.34. The second-order valence-electron chi connectivity index (χ2n) is 6.10. The summed E-state index contributed by atoms with van der Waals surface area (Å²) in [7, 11) is 1.59. The van der Waals surface area contributed by atoms with Crippen LogP contribution in [0.25, 0.3) is 0 Å². The number of nitrogens with zero attached hydrogens (tertiary/aromatic N) is 4. The highest BCUT2D eigenvalue weighted by Crippen LogP contribution is 2.15. The van der Waals surface area contributed by atoms with Gasteiger partial charge in [-0.15, -0.1) is 0 Å². The number of methoxy groups -OCH3 is 1. The zero-order chi connectivity index (χ0) is 17.6. The second-order valence-corrected chi connectivity index (χ2v) is 6.10. The maximum atomic E-state index is 12.8. The number of hydrogen-bond donors (Lipinski definition) is 1. The number of carbonyl (C=O) groups is 1. The van der Waals surface area contributed by atoms with E-state index in [2.05, 4.69) is 20.4 Å². The van der Waals surface area contributed by atoms with Gasteiger partial charge in [0.05, 0.1) is 18.8 Å². The molecular weight excluding hydrogens is 322 g/mol. The van der Waals surface area contributed by atoms with Crippen molar-refractivity contribution in [1.29, 1.82) is 0 Å². The molecule has 1 unspecified atom stereocenters. The molecule has 8 nitrogen and oxygen atoms in total. The number of amides is 1. The summed E-state index contributed by atoms with van der Waals surface area (Å²) in [5.41, 5.74) is 0.843. The first-order valence-electron chi connectivity index (χ1n) is 8.47. The van der Waals surface area contributed by atoms with Gasteiger partial charge in [0.2, 0.25) is 17.7 Å². The Kier molecular flexibility index (Phi) is 5.60. The monoisotopic (exact) mass is 345 g/mol. The highest BCUT2D eigenvalue weighted by molar-refractivity contribution is 5.82. The number of ether oxygens (including phenoxy) is 1. The number of rotatable bonds is 6.